The molecule has 94 valence electrons. The molecule has 2 aromatic rings. The summed E-state index contributed by atoms with van der Waals surface area (Å²) in [5.41, 5.74) is 1.83. The van der Waals surface area contributed by atoms with Gasteiger partial charge in [0.15, 0.2) is 6.61 Å². The molecule has 0 atom stereocenters. The molecule has 0 radical (unpaired) electrons. The molecule has 1 aromatic heterocycles. The lowest BCUT2D eigenvalue weighted by atomic mass is 10.3. The van der Waals surface area contributed by atoms with E-state index in [2.05, 4.69) is 4.98 Å². The number of aromatic nitrogens is 2. The third-order valence-corrected chi connectivity index (χ3v) is 2.46. The minimum atomic E-state index is -0.991. The zero-order valence-electron chi connectivity index (χ0n) is 10.3. The van der Waals surface area contributed by atoms with E-state index in [1.54, 1.807) is 12.1 Å². The molecule has 1 aromatic carbocycles. The van der Waals surface area contributed by atoms with Crippen LogP contribution < -0.4 is 4.74 Å². The normalized spacial score (nSPS) is 10.3. The number of aryl methyl sites for hydroxylation is 2. The lowest BCUT2D eigenvalue weighted by Gasteiger charge is -2.08. The van der Waals surface area contributed by atoms with E-state index in [4.69, 9.17) is 9.84 Å². The van der Waals surface area contributed by atoms with Crippen molar-refractivity contribution in [2.24, 2.45) is 0 Å². The zero-order chi connectivity index (χ0) is 13.1. The highest BCUT2D eigenvalue weighted by Crippen LogP contribution is 2.18. The largest absolute Gasteiger partial charge is 0.482 e. The summed E-state index contributed by atoms with van der Waals surface area (Å²) in [5, 5.41) is 8.57. The standard InChI is InChI=1S/C13H14N2O3/c1-9-7-15(10(2)14-9)11-4-3-5-12(6-11)18-8-13(16)17/h3-7H,8H2,1-2H3,(H,16,17). The van der Waals surface area contributed by atoms with Gasteiger partial charge in [0.05, 0.1) is 11.4 Å². The fourth-order valence-electron chi connectivity index (χ4n) is 1.75. The molecule has 0 amide bonds. The molecule has 0 aliphatic heterocycles. The number of rotatable bonds is 4. The maximum Gasteiger partial charge on any atom is 0.341 e. The first-order valence-electron chi connectivity index (χ1n) is 5.54. The highest BCUT2D eigenvalue weighted by molar-refractivity contribution is 5.68. The monoisotopic (exact) mass is 246 g/mol. The van der Waals surface area contributed by atoms with Crippen LogP contribution in [0.2, 0.25) is 0 Å². The topological polar surface area (TPSA) is 64.3 Å². The SMILES string of the molecule is Cc1cn(-c2cccc(OCC(=O)O)c2)c(C)n1. The Morgan fingerprint density at radius 2 is 2.22 bits per heavy atom. The Morgan fingerprint density at radius 1 is 1.44 bits per heavy atom. The van der Waals surface area contributed by atoms with Crippen LogP contribution in [0.25, 0.3) is 5.69 Å². The van der Waals surface area contributed by atoms with Crippen molar-refractivity contribution in [2.45, 2.75) is 13.8 Å². The Hall–Kier alpha value is -2.30. The van der Waals surface area contributed by atoms with Crippen LogP contribution in [0.15, 0.2) is 30.5 Å². The predicted octanol–water partition coefficient (Wildman–Crippen LogP) is 1.95. The molecular weight excluding hydrogens is 232 g/mol. The van der Waals surface area contributed by atoms with Gasteiger partial charge < -0.3 is 14.4 Å². The lowest BCUT2D eigenvalue weighted by molar-refractivity contribution is -0.139. The molecular formula is C13H14N2O3. The van der Waals surface area contributed by atoms with E-state index in [1.807, 2.05) is 36.7 Å². The predicted molar refractivity (Wildman–Crippen MR) is 66.2 cm³/mol. The Bertz CT molecular complexity index is 575. The Kier molecular flexibility index (Phi) is 3.32. The van der Waals surface area contributed by atoms with Crippen LogP contribution >= 0.6 is 0 Å². The molecule has 0 bridgehead atoms. The van der Waals surface area contributed by atoms with Gasteiger partial charge in [0.25, 0.3) is 0 Å². The maximum atomic E-state index is 10.4. The quantitative estimate of drug-likeness (QED) is 0.895. The number of ether oxygens (including phenoxy) is 1. The number of hydrogen-bond donors (Lipinski definition) is 1. The fourth-order valence-corrected chi connectivity index (χ4v) is 1.75. The van der Waals surface area contributed by atoms with Crippen molar-refractivity contribution in [3.63, 3.8) is 0 Å². The second-order valence-electron chi connectivity index (χ2n) is 3.98. The van der Waals surface area contributed by atoms with E-state index >= 15 is 0 Å². The van der Waals surface area contributed by atoms with Crippen molar-refractivity contribution in [3.05, 3.63) is 42.0 Å². The van der Waals surface area contributed by atoms with Gasteiger partial charge in [-0.25, -0.2) is 9.78 Å². The van der Waals surface area contributed by atoms with Crippen molar-refractivity contribution in [1.29, 1.82) is 0 Å². The van der Waals surface area contributed by atoms with E-state index in [1.165, 1.54) is 0 Å². The van der Waals surface area contributed by atoms with Crippen molar-refractivity contribution in [2.75, 3.05) is 6.61 Å². The van der Waals surface area contributed by atoms with E-state index < -0.39 is 5.97 Å². The molecule has 0 aliphatic carbocycles. The Balaban J connectivity index is 2.27. The fraction of sp³-hybridized carbons (Fsp3) is 0.231. The first kappa shape index (κ1) is 12.2. The second-order valence-corrected chi connectivity index (χ2v) is 3.98. The van der Waals surface area contributed by atoms with E-state index in [-0.39, 0.29) is 6.61 Å². The van der Waals surface area contributed by atoms with E-state index in [0.717, 1.165) is 17.2 Å². The molecule has 0 unspecified atom stereocenters. The maximum absolute atomic E-state index is 10.4. The number of carboxylic acid groups (broad SMARTS) is 1. The molecule has 0 spiro atoms. The van der Waals surface area contributed by atoms with Gasteiger partial charge in [-0.3, -0.25) is 0 Å². The highest BCUT2D eigenvalue weighted by Gasteiger charge is 2.05. The minimum Gasteiger partial charge on any atom is -0.482 e. The molecule has 5 heteroatoms. The lowest BCUT2D eigenvalue weighted by Crippen LogP contribution is -2.09. The van der Waals surface area contributed by atoms with Gasteiger partial charge in [0.2, 0.25) is 0 Å². The summed E-state index contributed by atoms with van der Waals surface area (Å²) in [6.45, 7) is 3.50. The van der Waals surface area contributed by atoms with Crippen LogP contribution in [0.3, 0.4) is 0 Å². The van der Waals surface area contributed by atoms with Crippen LogP contribution in [0.5, 0.6) is 5.75 Å². The van der Waals surface area contributed by atoms with Gasteiger partial charge in [-0.05, 0) is 26.0 Å². The molecule has 0 saturated carbocycles. The number of carboxylic acids is 1. The summed E-state index contributed by atoms with van der Waals surface area (Å²) in [7, 11) is 0. The number of nitrogens with zero attached hydrogens (tertiary/aromatic N) is 2. The average molecular weight is 246 g/mol. The molecule has 18 heavy (non-hydrogen) atoms. The first-order chi connectivity index (χ1) is 8.56. The van der Waals surface area contributed by atoms with Crippen LogP contribution in [0.1, 0.15) is 11.5 Å². The number of hydrogen-bond acceptors (Lipinski definition) is 3. The molecule has 0 saturated heterocycles. The third-order valence-electron chi connectivity index (χ3n) is 2.46. The van der Waals surface area contributed by atoms with Crippen LogP contribution in [0.4, 0.5) is 0 Å². The summed E-state index contributed by atoms with van der Waals surface area (Å²) in [6, 6.07) is 7.26. The Morgan fingerprint density at radius 3 is 2.83 bits per heavy atom. The average Bonchev–Trinajstić information content (AvgIpc) is 2.66. The number of aliphatic carboxylic acids is 1. The van der Waals surface area contributed by atoms with Crippen LogP contribution in [0, 0.1) is 13.8 Å². The summed E-state index contributed by atoms with van der Waals surface area (Å²) >= 11 is 0. The third kappa shape index (κ3) is 2.68. The van der Waals surface area contributed by atoms with Crippen molar-refractivity contribution in [1.82, 2.24) is 9.55 Å². The highest BCUT2D eigenvalue weighted by atomic mass is 16.5. The van der Waals surface area contributed by atoms with Gasteiger partial charge >= 0.3 is 5.97 Å². The number of benzene rings is 1. The summed E-state index contributed by atoms with van der Waals surface area (Å²) in [4.78, 5) is 14.8. The van der Waals surface area contributed by atoms with Gasteiger partial charge in [0, 0.05) is 12.3 Å². The molecule has 1 N–H and O–H groups in total. The number of carbonyl (C=O) groups is 1. The molecule has 1 heterocycles. The molecule has 2 rings (SSSR count). The van der Waals surface area contributed by atoms with Crippen LogP contribution in [-0.4, -0.2) is 27.2 Å². The molecule has 5 nitrogen and oxygen atoms in total. The van der Waals surface area contributed by atoms with Crippen molar-refractivity contribution >= 4 is 5.97 Å². The van der Waals surface area contributed by atoms with E-state index in [9.17, 15) is 4.79 Å². The minimum absolute atomic E-state index is 0.342. The second kappa shape index (κ2) is 4.91. The summed E-state index contributed by atoms with van der Waals surface area (Å²) in [6.07, 6.45) is 1.92. The van der Waals surface area contributed by atoms with Gasteiger partial charge in [-0.15, -0.1) is 0 Å². The molecule has 0 aliphatic rings. The zero-order valence-corrected chi connectivity index (χ0v) is 10.3. The van der Waals surface area contributed by atoms with Gasteiger partial charge in [-0.1, -0.05) is 6.07 Å². The Labute approximate surface area is 105 Å². The number of imidazole rings is 1. The smallest absolute Gasteiger partial charge is 0.341 e. The summed E-state index contributed by atoms with van der Waals surface area (Å²) < 4.78 is 7.08. The van der Waals surface area contributed by atoms with Crippen molar-refractivity contribution in [3.8, 4) is 11.4 Å². The first-order valence-corrected chi connectivity index (χ1v) is 5.54. The molecule has 0 fully saturated rings. The van der Waals surface area contributed by atoms with Gasteiger partial charge in [-0.2, -0.15) is 0 Å². The van der Waals surface area contributed by atoms with E-state index in [0.29, 0.717) is 5.75 Å². The van der Waals surface area contributed by atoms with Crippen LogP contribution in [-0.2, 0) is 4.79 Å². The summed E-state index contributed by atoms with van der Waals surface area (Å²) in [5.74, 6) is 0.415. The van der Waals surface area contributed by atoms with Gasteiger partial charge in [0.1, 0.15) is 11.6 Å². The van der Waals surface area contributed by atoms with Crippen molar-refractivity contribution < 1.29 is 14.6 Å².